The van der Waals surface area contributed by atoms with Gasteiger partial charge in [0.25, 0.3) is 5.91 Å². The Kier molecular flexibility index (Phi) is 5.57. The normalized spacial score (nSPS) is 10.4. The first-order chi connectivity index (χ1) is 11.0. The van der Waals surface area contributed by atoms with Crippen LogP contribution in [0, 0.1) is 0 Å². The number of ether oxygens (including phenoxy) is 1. The average Bonchev–Trinajstić information content (AvgIpc) is 2.55. The lowest BCUT2D eigenvalue weighted by Gasteiger charge is -2.11. The van der Waals surface area contributed by atoms with Crippen LogP contribution >= 0.6 is 0 Å². The quantitative estimate of drug-likeness (QED) is 0.891. The fraction of sp³-hybridized carbons (Fsp3) is 0.333. The highest BCUT2D eigenvalue weighted by atomic mass is 16.5. The number of carbonyl (C=O) groups is 1. The zero-order valence-corrected chi connectivity index (χ0v) is 13.8. The number of rotatable bonds is 6. The molecular formula is C18H22N2O3. The monoisotopic (exact) mass is 314 g/mol. The number of unbranched alkanes of at least 4 members (excludes halogenated alkanes) is 1. The molecule has 1 N–H and O–H groups in total. The standard InChI is InChI=1S/C18H22N2O3/c1-4-5-6-13-7-9-14(10-8-13)19-18(22)15-11-16(21)17(23-3)12-20(15)2/h7-12H,4-6H2,1-3H3,(H,19,22). The second kappa shape index (κ2) is 7.63. The lowest BCUT2D eigenvalue weighted by atomic mass is 10.1. The Hall–Kier alpha value is -2.56. The number of benzene rings is 1. The summed E-state index contributed by atoms with van der Waals surface area (Å²) in [5.41, 5.74) is 1.93. The Morgan fingerprint density at radius 2 is 1.96 bits per heavy atom. The minimum absolute atomic E-state index is 0.212. The highest BCUT2D eigenvalue weighted by Gasteiger charge is 2.12. The van der Waals surface area contributed by atoms with E-state index in [4.69, 9.17) is 4.74 Å². The molecule has 1 aromatic heterocycles. The molecule has 1 amide bonds. The van der Waals surface area contributed by atoms with Crippen molar-refractivity contribution >= 4 is 11.6 Å². The van der Waals surface area contributed by atoms with Crippen LogP contribution in [-0.4, -0.2) is 17.6 Å². The van der Waals surface area contributed by atoms with Crippen LogP contribution in [0.15, 0.2) is 41.3 Å². The van der Waals surface area contributed by atoms with Gasteiger partial charge in [0.1, 0.15) is 5.69 Å². The Morgan fingerprint density at radius 1 is 1.26 bits per heavy atom. The Bertz CT molecular complexity index is 733. The number of pyridine rings is 1. The van der Waals surface area contributed by atoms with E-state index in [0.29, 0.717) is 5.69 Å². The van der Waals surface area contributed by atoms with Crippen molar-refractivity contribution < 1.29 is 9.53 Å². The van der Waals surface area contributed by atoms with Gasteiger partial charge in [0.2, 0.25) is 5.43 Å². The van der Waals surface area contributed by atoms with Crippen LogP contribution in [0.2, 0.25) is 0 Å². The van der Waals surface area contributed by atoms with Crippen LogP contribution in [-0.2, 0) is 13.5 Å². The molecule has 2 aromatic rings. The molecule has 0 bridgehead atoms. The Morgan fingerprint density at radius 3 is 2.57 bits per heavy atom. The summed E-state index contributed by atoms with van der Waals surface area (Å²) >= 11 is 0. The first kappa shape index (κ1) is 16.8. The third-order valence-corrected chi connectivity index (χ3v) is 3.68. The largest absolute Gasteiger partial charge is 0.491 e. The molecule has 0 aliphatic rings. The number of aromatic nitrogens is 1. The van der Waals surface area contributed by atoms with Crippen molar-refractivity contribution in [2.45, 2.75) is 26.2 Å². The predicted octanol–water partition coefficient (Wildman–Crippen LogP) is 2.99. The van der Waals surface area contributed by atoms with Gasteiger partial charge >= 0.3 is 0 Å². The third-order valence-electron chi connectivity index (χ3n) is 3.68. The Labute approximate surface area is 135 Å². The van der Waals surface area contributed by atoms with Crippen LogP contribution in [0.3, 0.4) is 0 Å². The van der Waals surface area contributed by atoms with Gasteiger partial charge in [-0.25, -0.2) is 0 Å². The molecule has 1 aromatic carbocycles. The lowest BCUT2D eigenvalue weighted by molar-refractivity contribution is 0.101. The number of nitrogens with zero attached hydrogens (tertiary/aromatic N) is 1. The van der Waals surface area contributed by atoms with Crippen molar-refractivity contribution in [2.75, 3.05) is 12.4 Å². The van der Waals surface area contributed by atoms with Crippen LogP contribution in [0.1, 0.15) is 35.8 Å². The topological polar surface area (TPSA) is 60.3 Å². The number of carbonyl (C=O) groups excluding carboxylic acids is 1. The van der Waals surface area contributed by atoms with Gasteiger partial charge in [-0.15, -0.1) is 0 Å². The van der Waals surface area contributed by atoms with E-state index in [0.717, 1.165) is 19.3 Å². The van der Waals surface area contributed by atoms with E-state index < -0.39 is 0 Å². The van der Waals surface area contributed by atoms with Gasteiger partial charge in [-0.3, -0.25) is 9.59 Å². The molecule has 0 saturated carbocycles. The van der Waals surface area contributed by atoms with Gasteiger partial charge in [0, 0.05) is 18.8 Å². The van der Waals surface area contributed by atoms with E-state index in [1.54, 1.807) is 11.6 Å². The average molecular weight is 314 g/mol. The molecule has 0 unspecified atom stereocenters. The molecule has 1 heterocycles. The zero-order chi connectivity index (χ0) is 16.8. The van der Waals surface area contributed by atoms with Gasteiger partial charge in [-0.1, -0.05) is 25.5 Å². The van der Waals surface area contributed by atoms with Gasteiger partial charge in [0.15, 0.2) is 5.75 Å². The second-order valence-corrected chi connectivity index (χ2v) is 5.46. The smallest absolute Gasteiger partial charge is 0.272 e. The summed E-state index contributed by atoms with van der Waals surface area (Å²) in [6.45, 7) is 2.16. The van der Waals surface area contributed by atoms with E-state index in [-0.39, 0.29) is 22.8 Å². The summed E-state index contributed by atoms with van der Waals surface area (Å²) in [6.07, 6.45) is 4.85. The zero-order valence-electron chi connectivity index (χ0n) is 13.8. The van der Waals surface area contributed by atoms with Crippen LogP contribution in [0.5, 0.6) is 5.75 Å². The maximum absolute atomic E-state index is 12.3. The molecule has 0 spiro atoms. The molecule has 0 saturated heterocycles. The number of methoxy groups -OCH3 is 1. The number of amides is 1. The van der Waals surface area contributed by atoms with Gasteiger partial charge < -0.3 is 14.6 Å². The number of hydrogen-bond acceptors (Lipinski definition) is 3. The minimum atomic E-state index is -0.325. The van der Waals surface area contributed by atoms with Crippen molar-refractivity contribution in [1.82, 2.24) is 4.57 Å². The molecule has 0 radical (unpaired) electrons. The number of nitrogens with one attached hydrogen (secondary N) is 1. The Balaban J connectivity index is 2.13. The third kappa shape index (κ3) is 4.22. The molecule has 122 valence electrons. The molecule has 0 aliphatic heterocycles. The van der Waals surface area contributed by atoms with Crippen LogP contribution in [0.4, 0.5) is 5.69 Å². The summed E-state index contributed by atoms with van der Waals surface area (Å²) in [5, 5.41) is 2.81. The molecule has 0 atom stereocenters. The van der Waals surface area contributed by atoms with E-state index >= 15 is 0 Å². The summed E-state index contributed by atoms with van der Waals surface area (Å²) < 4.78 is 6.53. The van der Waals surface area contributed by atoms with Crippen molar-refractivity contribution in [3.8, 4) is 5.75 Å². The number of anilines is 1. The molecule has 2 rings (SSSR count). The van der Waals surface area contributed by atoms with Crippen molar-refractivity contribution in [2.24, 2.45) is 7.05 Å². The van der Waals surface area contributed by atoms with Gasteiger partial charge in [-0.2, -0.15) is 0 Å². The van der Waals surface area contributed by atoms with E-state index in [9.17, 15) is 9.59 Å². The molecule has 0 fully saturated rings. The molecule has 5 heteroatoms. The van der Waals surface area contributed by atoms with Crippen molar-refractivity contribution in [3.05, 3.63) is 58.0 Å². The fourth-order valence-corrected chi connectivity index (χ4v) is 2.32. The summed E-state index contributed by atoms with van der Waals surface area (Å²) in [5.74, 6) is -0.113. The van der Waals surface area contributed by atoms with E-state index in [1.165, 1.54) is 24.9 Å². The molecular weight excluding hydrogens is 292 g/mol. The highest BCUT2D eigenvalue weighted by Crippen LogP contribution is 2.13. The van der Waals surface area contributed by atoms with E-state index in [2.05, 4.69) is 12.2 Å². The number of aryl methyl sites for hydroxylation is 2. The maximum atomic E-state index is 12.3. The predicted molar refractivity (Wildman–Crippen MR) is 91.2 cm³/mol. The van der Waals surface area contributed by atoms with Crippen LogP contribution in [0.25, 0.3) is 0 Å². The van der Waals surface area contributed by atoms with Gasteiger partial charge in [0.05, 0.1) is 13.3 Å². The first-order valence-corrected chi connectivity index (χ1v) is 7.70. The first-order valence-electron chi connectivity index (χ1n) is 7.70. The van der Waals surface area contributed by atoms with E-state index in [1.807, 2.05) is 24.3 Å². The lowest BCUT2D eigenvalue weighted by Crippen LogP contribution is -2.21. The number of hydrogen-bond donors (Lipinski definition) is 1. The minimum Gasteiger partial charge on any atom is -0.491 e. The van der Waals surface area contributed by atoms with Crippen molar-refractivity contribution in [3.63, 3.8) is 0 Å². The van der Waals surface area contributed by atoms with Crippen LogP contribution < -0.4 is 15.5 Å². The second-order valence-electron chi connectivity index (χ2n) is 5.46. The molecule has 0 aliphatic carbocycles. The highest BCUT2D eigenvalue weighted by molar-refractivity contribution is 6.03. The molecule has 23 heavy (non-hydrogen) atoms. The molecule has 5 nitrogen and oxygen atoms in total. The fourth-order valence-electron chi connectivity index (χ4n) is 2.32. The summed E-state index contributed by atoms with van der Waals surface area (Å²) in [6, 6.07) is 9.06. The summed E-state index contributed by atoms with van der Waals surface area (Å²) in [4.78, 5) is 24.1. The van der Waals surface area contributed by atoms with Gasteiger partial charge in [-0.05, 0) is 30.5 Å². The van der Waals surface area contributed by atoms with Crippen molar-refractivity contribution in [1.29, 1.82) is 0 Å². The maximum Gasteiger partial charge on any atom is 0.272 e. The SMILES string of the molecule is CCCCc1ccc(NC(=O)c2cc(=O)c(OC)cn2C)cc1. The summed E-state index contributed by atoms with van der Waals surface area (Å²) in [7, 11) is 3.13.